The molecule has 108 valence electrons. The summed E-state index contributed by atoms with van der Waals surface area (Å²) in [5.74, 6) is -1.35. The van der Waals surface area contributed by atoms with Gasteiger partial charge in [0.25, 0.3) is 5.69 Å². The van der Waals surface area contributed by atoms with E-state index in [4.69, 9.17) is 0 Å². The first kappa shape index (κ1) is 14.8. The predicted molar refractivity (Wildman–Crippen MR) is 77.8 cm³/mol. The van der Waals surface area contributed by atoms with Crippen LogP contribution in [0.4, 0.5) is 11.4 Å². The van der Waals surface area contributed by atoms with Crippen LogP contribution in [0.3, 0.4) is 0 Å². The second kappa shape index (κ2) is 6.21. The fourth-order valence-electron chi connectivity index (χ4n) is 2.58. The minimum absolute atomic E-state index is 0.0390. The van der Waals surface area contributed by atoms with Gasteiger partial charge in [0.05, 0.1) is 10.8 Å². The first-order chi connectivity index (χ1) is 9.49. The maximum absolute atomic E-state index is 11.3. The Morgan fingerprint density at radius 1 is 1.40 bits per heavy atom. The van der Waals surface area contributed by atoms with E-state index in [0.29, 0.717) is 23.0 Å². The van der Waals surface area contributed by atoms with Crippen molar-refractivity contribution in [3.63, 3.8) is 0 Å². The molecule has 0 spiro atoms. The number of halogens is 1. The zero-order chi connectivity index (χ0) is 14.7. The minimum atomic E-state index is -0.847. The Hall–Kier alpha value is -1.63. The van der Waals surface area contributed by atoms with Gasteiger partial charge < -0.3 is 10.4 Å². The summed E-state index contributed by atoms with van der Waals surface area (Å²) in [7, 11) is 0. The fraction of sp³-hybridized carbons (Fsp3) is 0.462. The molecular weight excluding hydrogens is 328 g/mol. The summed E-state index contributed by atoms with van der Waals surface area (Å²) in [5.41, 5.74) is 0.324. The highest BCUT2D eigenvalue weighted by atomic mass is 79.9. The molecule has 0 heterocycles. The van der Waals surface area contributed by atoms with Crippen LogP contribution in [0.5, 0.6) is 0 Å². The Kier molecular flexibility index (Phi) is 4.59. The molecule has 2 atom stereocenters. The van der Waals surface area contributed by atoms with Crippen molar-refractivity contribution in [2.24, 2.45) is 5.92 Å². The van der Waals surface area contributed by atoms with Gasteiger partial charge in [0.1, 0.15) is 5.69 Å². The van der Waals surface area contributed by atoms with Crippen molar-refractivity contribution in [2.45, 2.75) is 31.7 Å². The number of carboxylic acid groups (broad SMARTS) is 1. The number of benzene rings is 1. The number of hydrogen-bond acceptors (Lipinski definition) is 4. The van der Waals surface area contributed by atoms with Crippen molar-refractivity contribution in [1.29, 1.82) is 0 Å². The van der Waals surface area contributed by atoms with E-state index in [1.165, 1.54) is 6.07 Å². The molecule has 2 unspecified atom stereocenters. The van der Waals surface area contributed by atoms with Gasteiger partial charge in [0.2, 0.25) is 0 Å². The van der Waals surface area contributed by atoms with Gasteiger partial charge in [-0.05, 0) is 25.0 Å². The first-order valence-corrected chi connectivity index (χ1v) is 7.21. The van der Waals surface area contributed by atoms with Crippen molar-refractivity contribution < 1.29 is 14.8 Å². The van der Waals surface area contributed by atoms with Gasteiger partial charge in [0.15, 0.2) is 0 Å². The number of rotatable bonds is 4. The van der Waals surface area contributed by atoms with Crippen molar-refractivity contribution in [2.75, 3.05) is 5.32 Å². The van der Waals surface area contributed by atoms with E-state index in [0.717, 1.165) is 12.8 Å². The van der Waals surface area contributed by atoms with Crippen LogP contribution in [0.1, 0.15) is 25.7 Å². The number of nitrogens with zero attached hydrogens (tertiary/aromatic N) is 1. The molecule has 7 heteroatoms. The van der Waals surface area contributed by atoms with Crippen LogP contribution < -0.4 is 5.32 Å². The molecule has 1 aromatic carbocycles. The molecule has 0 saturated heterocycles. The third-order valence-corrected chi connectivity index (χ3v) is 4.07. The molecule has 1 aliphatic carbocycles. The lowest BCUT2D eigenvalue weighted by atomic mass is 9.84. The lowest BCUT2D eigenvalue weighted by Crippen LogP contribution is -2.37. The van der Waals surface area contributed by atoms with E-state index in [-0.39, 0.29) is 11.7 Å². The monoisotopic (exact) mass is 342 g/mol. The van der Waals surface area contributed by atoms with Crippen molar-refractivity contribution in [3.05, 3.63) is 32.8 Å². The maximum Gasteiger partial charge on any atom is 0.308 e. The zero-order valence-electron chi connectivity index (χ0n) is 10.7. The van der Waals surface area contributed by atoms with Crippen LogP contribution in [-0.2, 0) is 4.79 Å². The van der Waals surface area contributed by atoms with Crippen LogP contribution in [0.25, 0.3) is 0 Å². The summed E-state index contributed by atoms with van der Waals surface area (Å²) in [6.45, 7) is 0. The Bertz CT molecular complexity index is 535. The molecule has 2 N–H and O–H groups in total. The van der Waals surface area contributed by atoms with Gasteiger partial charge in [-0.15, -0.1) is 0 Å². The van der Waals surface area contributed by atoms with Crippen molar-refractivity contribution >= 4 is 33.3 Å². The molecule has 20 heavy (non-hydrogen) atoms. The number of nitro groups is 1. The largest absolute Gasteiger partial charge is 0.481 e. The van der Waals surface area contributed by atoms with E-state index in [2.05, 4.69) is 21.2 Å². The van der Waals surface area contributed by atoms with E-state index < -0.39 is 16.8 Å². The van der Waals surface area contributed by atoms with Crippen LogP contribution in [0, 0.1) is 16.0 Å². The molecule has 0 radical (unpaired) electrons. The van der Waals surface area contributed by atoms with Crippen LogP contribution in [0.15, 0.2) is 22.7 Å². The molecule has 0 amide bonds. The van der Waals surface area contributed by atoms with Crippen LogP contribution in [0.2, 0.25) is 0 Å². The summed E-state index contributed by atoms with van der Waals surface area (Å²) >= 11 is 3.28. The third kappa shape index (κ3) is 3.27. The van der Waals surface area contributed by atoms with Gasteiger partial charge >= 0.3 is 5.97 Å². The molecule has 0 aromatic heterocycles. The Morgan fingerprint density at radius 2 is 2.10 bits per heavy atom. The number of anilines is 1. The van der Waals surface area contributed by atoms with Gasteiger partial charge in [-0.3, -0.25) is 14.9 Å². The lowest BCUT2D eigenvalue weighted by molar-refractivity contribution is -0.384. The average molecular weight is 343 g/mol. The van der Waals surface area contributed by atoms with Crippen LogP contribution >= 0.6 is 15.9 Å². The van der Waals surface area contributed by atoms with Crippen molar-refractivity contribution in [1.82, 2.24) is 0 Å². The molecule has 1 aromatic rings. The zero-order valence-corrected chi connectivity index (χ0v) is 12.3. The van der Waals surface area contributed by atoms with E-state index in [1.54, 1.807) is 12.1 Å². The normalized spacial score (nSPS) is 22.2. The third-order valence-electron chi connectivity index (χ3n) is 3.58. The Morgan fingerprint density at radius 3 is 2.75 bits per heavy atom. The average Bonchev–Trinajstić information content (AvgIpc) is 2.38. The Labute approximate surface area is 124 Å². The molecule has 6 nitrogen and oxygen atoms in total. The number of nitro benzene ring substituents is 1. The second-order valence-electron chi connectivity index (χ2n) is 4.90. The number of aliphatic carboxylic acids is 1. The first-order valence-electron chi connectivity index (χ1n) is 6.42. The quantitative estimate of drug-likeness (QED) is 0.646. The molecule has 1 aliphatic rings. The number of carbonyl (C=O) groups is 1. The molecule has 0 aliphatic heterocycles. The van der Waals surface area contributed by atoms with Gasteiger partial charge in [-0.2, -0.15) is 0 Å². The highest BCUT2D eigenvalue weighted by Crippen LogP contribution is 2.33. The molecule has 1 saturated carbocycles. The number of carboxylic acids is 1. The summed E-state index contributed by atoms with van der Waals surface area (Å²) in [4.78, 5) is 21.8. The van der Waals surface area contributed by atoms with Gasteiger partial charge in [-0.25, -0.2) is 0 Å². The summed E-state index contributed by atoms with van der Waals surface area (Å²) < 4.78 is 0.716. The predicted octanol–water partition coefficient (Wildman–Crippen LogP) is 3.41. The van der Waals surface area contributed by atoms with Crippen LogP contribution in [-0.4, -0.2) is 22.0 Å². The fourth-order valence-corrected chi connectivity index (χ4v) is 2.94. The number of nitrogens with one attached hydrogen (secondary N) is 1. The SMILES string of the molecule is O=C(O)C1CCCCC1Nc1cc(Br)ccc1[N+](=O)[O-]. The molecule has 2 rings (SSSR count). The summed E-state index contributed by atoms with van der Waals surface area (Å²) in [6, 6.07) is 4.35. The lowest BCUT2D eigenvalue weighted by Gasteiger charge is -2.29. The smallest absolute Gasteiger partial charge is 0.308 e. The number of hydrogen-bond donors (Lipinski definition) is 2. The maximum atomic E-state index is 11.3. The second-order valence-corrected chi connectivity index (χ2v) is 5.81. The van der Waals surface area contributed by atoms with E-state index >= 15 is 0 Å². The molecule has 0 bridgehead atoms. The summed E-state index contributed by atoms with van der Waals surface area (Å²) in [5, 5.41) is 23.3. The Balaban J connectivity index is 2.25. The van der Waals surface area contributed by atoms with Crippen molar-refractivity contribution in [3.8, 4) is 0 Å². The van der Waals surface area contributed by atoms with E-state index in [1.807, 2.05) is 0 Å². The topological polar surface area (TPSA) is 92.5 Å². The summed E-state index contributed by atoms with van der Waals surface area (Å²) in [6.07, 6.45) is 3.13. The standard InChI is InChI=1S/C13H15BrN2O4/c14-8-5-6-12(16(19)20)11(7-8)15-10-4-2-1-3-9(10)13(17)18/h5-7,9-10,15H,1-4H2,(H,17,18). The minimum Gasteiger partial charge on any atom is -0.481 e. The van der Waals surface area contributed by atoms with E-state index in [9.17, 15) is 20.0 Å². The highest BCUT2D eigenvalue weighted by Gasteiger charge is 2.32. The molecular formula is C13H15BrN2O4. The van der Waals surface area contributed by atoms with Gasteiger partial charge in [-0.1, -0.05) is 28.8 Å². The highest BCUT2D eigenvalue weighted by molar-refractivity contribution is 9.10. The van der Waals surface area contributed by atoms with Gasteiger partial charge in [0, 0.05) is 16.6 Å². The molecule has 1 fully saturated rings.